The molecule has 1 saturated heterocycles. The number of hydrogen-bond acceptors (Lipinski definition) is 2. The number of hydrogen-bond donors (Lipinski definition) is 1. The van der Waals surface area contributed by atoms with Gasteiger partial charge >= 0.3 is 0 Å². The Morgan fingerprint density at radius 2 is 2.00 bits per heavy atom. The van der Waals surface area contributed by atoms with E-state index in [9.17, 15) is 0 Å². The van der Waals surface area contributed by atoms with Gasteiger partial charge in [0.15, 0.2) is 0 Å². The summed E-state index contributed by atoms with van der Waals surface area (Å²) in [5, 5.41) is 3.41. The Balaban J connectivity index is 2.08. The third kappa shape index (κ3) is 5.14. The Labute approximate surface area is 94.0 Å². The van der Waals surface area contributed by atoms with Crippen LogP contribution in [0.25, 0.3) is 0 Å². The van der Waals surface area contributed by atoms with Crippen LogP contribution in [0.15, 0.2) is 25.3 Å². The molecular formula is C13H24N2. The van der Waals surface area contributed by atoms with Gasteiger partial charge in [-0.05, 0) is 44.8 Å². The van der Waals surface area contributed by atoms with Gasteiger partial charge < -0.3 is 5.32 Å². The van der Waals surface area contributed by atoms with Crippen LogP contribution in [0.5, 0.6) is 0 Å². The van der Waals surface area contributed by atoms with Crippen LogP contribution in [0.4, 0.5) is 0 Å². The molecule has 1 heterocycles. The lowest BCUT2D eigenvalue weighted by Gasteiger charge is -2.19. The van der Waals surface area contributed by atoms with Crippen molar-refractivity contribution >= 4 is 0 Å². The highest BCUT2D eigenvalue weighted by molar-refractivity contribution is 4.80. The molecule has 0 bridgehead atoms. The van der Waals surface area contributed by atoms with Gasteiger partial charge in [0.05, 0.1) is 0 Å². The van der Waals surface area contributed by atoms with E-state index in [4.69, 9.17) is 0 Å². The van der Waals surface area contributed by atoms with E-state index in [1.807, 2.05) is 12.2 Å². The first-order valence-corrected chi connectivity index (χ1v) is 6.01. The summed E-state index contributed by atoms with van der Waals surface area (Å²) < 4.78 is 0. The van der Waals surface area contributed by atoms with Crippen LogP contribution in [-0.2, 0) is 0 Å². The van der Waals surface area contributed by atoms with Crippen LogP contribution in [0.3, 0.4) is 0 Å². The molecule has 15 heavy (non-hydrogen) atoms. The van der Waals surface area contributed by atoms with E-state index in [-0.39, 0.29) is 0 Å². The lowest BCUT2D eigenvalue weighted by molar-refractivity contribution is 0.315. The SMILES string of the molecule is C=CCN(CC=C)CCCC1CCNC1. The number of rotatable bonds is 8. The quantitative estimate of drug-likeness (QED) is 0.614. The minimum Gasteiger partial charge on any atom is -0.316 e. The molecule has 1 aliphatic heterocycles. The molecule has 0 aromatic heterocycles. The fourth-order valence-corrected chi connectivity index (χ4v) is 2.19. The molecule has 2 heteroatoms. The van der Waals surface area contributed by atoms with Gasteiger partial charge in [-0.1, -0.05) is 12.2 Å². The van der Waals surface area contributed by atoms with Crippen molar-refractivity contribution in [2.24, 2.45) is 5.92 Å². The van der Waals surface area contributed by atoms with Gasteiger partial charge in [-0.15, -0.1) is 13.2 Å². The minimum absolute atomic E-state index is 0.916. The first-order chi connectivity index (χ1) is 7.36. The van der Waals surface area contributed by atoms with E-state index in [1.165, 1.54) is 38.9 Å². The van der Waals surface area contributed by atoms with Gasteiger partial charge in [0.25, 0.3) is 0 Å². The molecule has 0 amide bonds. The molecule has 0 aliphatic carbocycles. The van der Waals surface area contributed by atoms with Gasteiger partial charge in [-0.25, -0.2) is 0 Å². The Bertz CT molecular complexity index is 173. The Kier molecular flexibility index (Phi) is 6.37. The van der Waals surface area contributed by atoms with E-state index in [1.54, 1.807) is 0 Å². The molecule has 0 radical (unpaired) electrons. The van der Waals surface area contributed by atoms with Crippen LogP contribution >= 0.6 is 0 Å². The fraction of sp³-hybridized carbons (Fsp3) is 0.692. The van der Waals surface area contributed by atoms with E-state index < -0.39 is 0 Å². The second-order valence-electron chi connectivity index (χ2n) is 4.34. The van der Waals surface area contributed by atoms with Gasteiger partial charge in [0, 0.05) is 13.1 Å². The van der Waals surface area contributed by atoms with Crippen molar-refractivity contribution < 1.29 is 0 Å². The van der Waals surface area contributed by atoms with Crippen molar-refractivity contribution in [2.75, 3.05) is 32.7 Å². The second-order valence-corrected chi connectivity index (χ2v) is 4.34. The summed E-state index contributed by atoms with van der Waals surface area (Å²) in [5.74, 6) is 0.916. The van der Waals surface area contributed by atoms with Gasteiger partial charge in [-0.3, -0.25) is 4.90 Å². The van der Waals surface area contributed by atoms with Crippen LogP contribution in [0, 0.1) is 5.92 Å². The zero-order chi connectivity index (χ0) is 10.9. The molecule has 1 aliphatic rings. The molecule has 0 aromatic rings. The molecule has 1 fully saturated rings. The Morgan fingerprint density at radius 3 is 2.53 bits per heavy atom. The highest BCUT2D eigenvalue weighted by Crippen LogP contribution is 2.14. The molecule has 1 rings (SSSR count). The summed E-state index contributed by atoms with van der Waals surface area (Å²) in [7, 11) is 0. The van der Waals surface area contributed by atoms with E-state index in [0.717, 1.165) is 19.0 Å². The molecule has 0 aromatic carbocycles. The predicted octanol–water partition coefficient (Wildman–Crippen LogP) is 2.05. The van der Waals surface area contributed by atoms with Crippen molar-refractivity contribution in [3.8, 4) is 0 Å². The van der Waals surface area contributed by atoms with Crippen molar-refractivity contribution in [3.63, 3.8) is 0 Å². The van der Waals surface area contributed by atoms with Gasteiger partial charge in [-0.2, -0.15) is 0 Å². The first-order valence-electron chi connectivity index (χ1n) is 6.01. The van der Waals surface area contributed by atoms with Crippen molar-refractivity contribution in [2.45, 2.75) is 19.3 Å². The number of nitrogens with one attached hydrogen (secondary N) is 1. The maximum atomic E-state index is 3.78. The van der Waals surface area contributed by atoms with Crippen LogP contribution in [0.1, 0.15) is 19.3 Å². The third-order valence-corrected chi connectivity index (χ3v) is 3.02. The lowest BCUT2D eigenvalue weighted by atomic mass is 10.0. The smallest absolute Gasteiger partial charge is 0.0163 e. The average molecular weight is 208 g/mol. The molecule has 1 unspecified atom stereocenters. The topological polar surface area (TPSA) is 15.3 Å². The highest BCUT2D eigenvalue weighted by Gasteiger charge is 2.13. The third-order valence-electron chi connectivity index (χ3n) is 3.02. The van der Waals surface area contributed by atoms with E-state index >= 15 is 0 Å². The molecular weight excluding hydrogens is 184 g/mol. The summed E-state index contributed by atoms with van der Waals surface area (Å²) in [6.45, 7) is 13.1. The molecule has 0 saturated carbocycles. The zero-order valence-electron chi connectivity index (χ0n) is 9.75. The summed E-state index contributed by atoms with van der Waals surface area (Å²) >= 11 is 0. The highest BCUT2D eigenvalue weighted by atomic mass is 15.1. The Hall–Kier alpha value is -0.600. The maximum Gasteiger partial charge on any atom is 0.0163 e. The van der Waals surface area contributed by atoms with Crippen molar-refractivity contribution in [1.82, 2.24) is 10.2 Å². The largest absolute Gasteiger partial charge is 0.316 e. The summed E-state index contributed by atoms with van der Waals surface area (Å²) in [6, 6.07) is 0. The van der Waals surface area contributed by atoms with E-state index in [2.05, 4.69) is 23.4 Å². The number of nitrogens with zero attached hydrogens (tertiary/aromatic N) is 1. The predicted molar refractivity (Wildman–Crippen MR) is 67.0 cm³/mol. The summed E-state index contributed by atoms with van der Waals surface area (Å²) in [4.78, 5) is 2.39. The minimum atomic E-state index is 0.916. The average Bonchev–Trinajstić information content (AvgIpc) is 2.71. The lowest BCUT2D eigenvalue weighted by Crippen LogP contribution is -2.25. The van der Waals surface area contributed by atoms with Crippen molar-refractivity contribution in [1.29, 1.82) is 0 Å². The molecule has 1 atom stereocenters. The molecule has 1 N–H and O–H groups in total. The van der Waals surface area contributed by atoms with Gasteiger partial charge in [0.1, 0.15) is 0 Å². The van der Waals surface area contributed by atoms with Crippen molar-refractivity contribution in [3.05, 3.63) is 25.3 Å². The van der Waals surface area contributed by atoms with Crippen LogP contribution in [0.2, 0.25) is 0 Å². The fourth-order valence-electron chi connectivity index (χ4n) is 2.19. The molecule has 0 spiro atoms. The monoisotopic (exact) mass is 208 g/mol. The van der Waals surface area contributed by atoms with Gasteiger partial charge in [0.2, 0.25) is 0 Å². The molecule has 86 valence electrons. The van der Waals surface area contributed by atoms with E-state index in [0.29, 0.717) is 0 Å². The maximum absolute atomic E-state index is 3.78. The standard InChI is InChI=1S/C13H24N2/c1-3-9-15(10-4-2)11-5-6-13-7-8-14-12-13/h3-4,13-14H,1-2,5-12H2. The van der Waals surface area contributed by atoms with Crippen LogP contribution < -0.4 is 5.32 Å². The summed E-state index contributed by atoms with van der Waals surface area (Å²) in [6.07, 6.45) is 7.97. The molecule has 2 nitrogen and oxygen atoms in total. The van der Waals surface area contributed by atoms with Crippen LogP contribution in [-0.4, -0.2) is 37.6 Å². The Morgan fingerprint density at radius 1 is 1.27 bits per heavy atom. The second kappa shape index (κ2) is 7.66. The summed E-state index contributed by atoms with van der Waals surface area (Å²) in [5.41, 5.74) is 0. The normalized spacial score (nSPS) is 20.7. The first kappa shape index (κ1) is 12.5. The zero-order valence-corrected chi connectivity index (χ0v) is 9.75.